The molecule has 1 saturated heterocycles. The van der Waals surface area contributed by atoms with E-state index in [-0.39, 0.29) is 22.1 Å². The lowest BCUT2D eigenvalue weighted by molar-refractivity contribution is 0.0762. The second kappa shape index (κ2) is 11.1. The number of hydrogen-bond donors (Lipinski definition) is 0. The number of ether oxygens (including phenoxy) is 1. The van der Waals surface area contributed by atoms with Gasteiger partial charge in [0.15, 0.2) is 0 Å². The smallest absolute Gasteiger partial charge is 0.254 e. The summed E-state index contributed by atoms with van der Waals surface area (Å²) in [5.41, 5.74) is 1.66. The molecule has 1 fully saturated rings. The lowest BCUT2D eigenvalue weighted by Crippen LogP contribution is -2.33. The predicted octanol–water partition coefficient (Wildman–Crippen LogP) is 3.96. The van der Waals surface area contributed by atoms with Gasteiger partial charge in [0.2, 0.25) is 10.0 Å². The van der Waals surface area contributed by atoms with E-state index in [1.165, 1.54) is 23.5 Å². The number of nitriles is 1. The third-order valence-corrected chi connectivity index (χ3v) is 7.61. The zero-order chi connectivity index (χ0) is 23.8. The van der Waals surface area contributed by atoms with Gasteiger partial charge in [0, 0.05) is 31.7 Å². The molecular formula is C25H29N3O4S. The molecule has 2 aromatic carbocycles. The highest BCUT2D eigenvalue weighted by Gasteiger charge is 2.29. The molecule has 0 N–H and O–H groups in total. The Hall–Kier alpha value is -3.15. The molecule has 1 heterocycles. The van der Waals surface area contributed by atoms with E-state index in [9.17, 15) is 13.2 Å². The Kier molecular flexibility index (Phi) is 8.26. The fraction of sp³-hybridized carbons (Fsp3) is 0.360. The summed E-state index contributed by atoms with van der Waals surface area (Å²) in [7, 11) is -2.38. The van der Waals surface area contributed by atoms with Gasteiger partial charge in [-0.2, -0.15) is 9.57 Å². The molecule has 0 atom stereocenters. The molecule has 33 heavy (non-hydrogen) atoms. The van der Waals surface area contributed by atoms with Gasteiger partial charge in [-0.15, -0.1) is 6.58 Å². The van der Waals surface area contributed by atoms with Crippen LogP contribution in [0.25, 0.3) is 0 Å². The lowest BCUT2D eigenvalue weighted by atomic mass is 10.1. The molecule has 0 unspecified atom stereocenters. The van der Waals surface area contributed by atoms with Gasteiger partial charge in [0.1, 0.15) is 10.6 Å². The number of methoxy groups -OCH3 is 1. The van der Waals surface area contributed by atoms with E-state index in [0.29, 0.717) is 31.7 Å². The number of nitrogens with zero attached hydrogens (tertiary/aromatic N) is 3. The van der Waals surface area contributed by atoms with E-state index in [2.05, 4.69) is 12.6 Å². The van der Waals surface area contributed by atoms with Gasteiger partial charge in [-0.25, -0.2) is 8.42 Å². The summed E-state index contributed by atoms with van der Waals surface area (Å²) in [4.78, 5) is 14.9. The maximum absolute atomic E-state index is 13.4. The van der Waals surface area contributed by atoms with Crippen LogP contribution in [-0.2, 0) is 16.6 Å². The highest BCUT2D eigenvalue weighted by molar-refractivity contribution is 7.89. The molecule has 0 radical (unpaired) electrons. The molecule has 1 aliphatic rings. The summed E-state index contributed by atoms with van der Waals surface area (Å²) in [6.07, 6.45) is 5.27. The first-order valence-corrected chi connectivity index (χ1v) is 12.4. The molecule has 174 valence electrons. The highest BCUT2D eigenvalue weighted by atomic mass is 32.2. The van der Waals surface area contributed by atoms with Crippen molar-refractivity contribution in [3.63, 3.8) is 0 Å². The monoisotopic (exact) mass is 467 g/mol. The first kappa shape index (κ1) is 24.5. The van der Waals surface area contributed by atoms with E-state index in [0.717, 1.165) is 31.2 Å². The summed E-state index contributed by atoms with van der Waals surface area (Å²) < 4.78 is 33.7. The number of carbonyl (C=O) groups excluding carboxylic acids is 1. The van der Waals surface area contributed by atoms with Crippen LogP contribution in [0.1, 0.15) is 47.2 Å². The van der Waals surface area contributed by atoms with Gasteiger partial charge in [-0.3, -0.25) is 4.79 Å². The lowest BCUT2D eigenvalue weighted by Gasteiger charge is -2.24. The summed E-state index contributed by atoms with van der Waals surface area (Å²) in [5, 5.41) is 8.99. The Morgan fingerprint density at radius 2 is 1.82 bits per heavy atom. The fourth-order valence-electron chi connectivity index (χ4n) is 3.90. The summed E-state index contributed by atoms with van der Waals surface area (Å²) >= 11 is 0. The van der Waals surface area contributed by atoms with Crippen molar-refractivity contribution in [2.75, 3.05) is 26.7 Å². The third kappa shape index (κ3) is 5.81. The second-order valence-corrected chi connectivity index (χ2v) is 9.87. The van der Waals surface area contributed by atoms with Gasteiger partial charge in [0.25, 0.3) is 5.91 Å². The van der Waals surface area contributed by atoms with Crippen LogP contribution in [0.3, 0.4) is 0 Å². The Morgan fingerprint density at radius 1 is 1.15 bits per heavy atom. The van der Waals surface area contributed by atoms with Gasteiger partial charge in [-0.1, -0.05) is 31.1 Å². The Labute approximate surface area is 195 Å². The molecule has 0 aromatic heterocycles. The minimum absolute atomic E-state index is 0.00896. The molecule has 3 rings (SSSR count). The highest BCUT2D eigenvalue weighted by Crippen LogP contribution is 2.30. The maximum atomic E-state index is 13.4. The average Bonchev–Trinajstić information content (AvgIpc) is 3.14. The van der Waals surface area contributed by atoms with Crippen molar-refractivity contribution in [3.8, 4) is 11.8 Å². The van der Waals surface area contributed by atoms with Crippen molar-refractivity contribution in [3.05, 3.63) is 71.8 Å². The van der Waals surface area contributed by atoms with Crippen molar-refractivity contribution in [2.24, 2.45) is 0 Å². The molecule has 7 nitrogen and oxygen atoms in total. The van der Waals surface area contributed by atoms with Crippen molar-refractivity contribution < 1.29 is 17.9 Å². The fourth-order valence-corrected chi connectivity index (χ4v) is 5.59. The molecule has 1 aliphatic heterocycles. The van der Waals surface area contributed by atoms with Crippen LogP contribution in [0.2, 0.25) is 0 Å². The molecule has 0 spiro atoms. The average molecular weight is 468 g/mol. The minimum atomic E-state index is -3.80. The number of benzene rings is 2. The topological polar surface area (TPSA) is 90.7 Å². The molecule has 1 amide bonds. The number of carbonyl (C=O) groups is 1. The molecule has 8 heteroatoms. The summed E-state index contributed by atoms with van der Waals surface area (Å²) in [6.45, 7) is 5.26. The first-order chi connectivity index (χ1) is 15.9. The van der Waals surface area contributed by atoms with Crippen LogP contribution in [0, 0.1) is 11.3 Å². The van der Waals surface area contributed by atoms with E-state index in [1.54, 1.807) is 41.3 Å². The van der Waals surface area contributed by atoms with E-state index < -0.39 is 10.0 Å². The third-order valence-electron chi connectivity index (χ3n) is 5.69. The zero-order valence-electron chi connectivity index (χ0n) is 18.9. The molecule has 2 aromatic rings. The van der Waals surface area contributed by atoms with Crippen LogP contribution in [0.5, 0.6) is 5.75 Å². The maximum Gasteiger partial charge on any atom is 0.254 e. The number of amides is 1. The molecule has 0 aliphatic carbocycles. The SMILES string of the molecule is C=CCN(Cc1ccc(C#N)cc1)C(=O)c1ccc(OC)c(S(=O)(=O)N2CCCCCC2)c1. The van der Waals surface area contributed by atoms with Crippen LogP contribution in [0.4, 0.5) is 0 Å². The largest absolute Gasteiger partial charge is 0.495 e. The van der Waals surface area contributed by atoms with Crippen molar-refractivity contribution in [1.82, 2.24) is 9.21 Å². The molecule has 0 bridgehead atoms. The molecular weight excluding hydrogens is 438 g/mol. The summed E-state index contributed by atoms with van der Waals surface area (Å²) in [6, 6.07) is 13.6. The summed E-state index contributed by atoms with van der Waals surface area (Å²) in [5.74, 6) is -0.0904. The standard InChI is InChI=1S/C25H29N3O4S/c1-3-14-27(19-21-10-8-20(18-26)9-11-21)25(29)22-12-13-23(32-2)24(17-22)33(30,31)28-15-6-4-5-7-16-28/h3,8-13,17H,1,4-7,14-16,19H2,2H3. The second-order valence-electron chi connectivity index (χ2n) is 7.97. The van der Waals surface area contributed by atoms with Crippen LogP contribution < -0.4 is 4.74 Å². The minimum Gasteiger partial charge on any atom is -0.495 e. The Balaban J connectivity index is 1.92. The first-order valence-electron chi connectivity index (χ1n) is 11.0. The van der Waals surface area contributed by atoms with Gasteiger partial charge >= 0.3 is 0 Å². The molecule has 0 saturated carbocycles. The Bertz CT molecular complexity index is 1130. The van der Waals surface area contributed by atoms with E-state index in [1.807, 2.05) is 0 Å². The predicted molar refractivity (Wildman–Crippen MR) is 126 cm³/mol. The van der Waals surface area contributed by atoms with Crippen LogP contribution in [0.15, 0.2) is 60.0 Å². The quantitative estimate of drug-likeness (QED) is 0.548. The van der Waals surface area contributed by atoms with E-state index in [4.69, 9.17) is 10.00 Å². The number of rotatable bonds is 8. The van der Waals surface area contributed by atoms with Gasteiger partial charge in [0.05, 0.1) is 18.7 Å². The van der Waals surface area contributed by atoms with E-state index >= 15 is 0 Å². The normalized spacial score (nSPS) is 14.7. The van der Waals surface area contributed by atoms with Crippen molar-refractivity contribution in [2.45, 2.75) is 37.1 Å². The number of hydrogen-bond acceptors (Lipinski definition) is 5. The zero-order valence-corrected chi connectivity index (χ0v) is 19.7. The van der Waals surface area contributed by atoms with Gasteiger partial charge in [-0.05, 0) is 48.7 Å². The van der Waals surface area contributed by atoms with Crippen molar-refractivity contribution in [1.29, 1.82) is 5.26 Å². The van der Waals surface area contributed by atoms with Crippen LogP contribution in [-0.4, -0.2) is 50.3 Å². The number of sulfonamides is 1. The van der Waals surface area contributed by atoms with Crippen LogP contribution >= 0.6 is 0 Å². The Morgan fingerprint density at radius 3 is 2.39 bits per heavy atom. The van der Waals surface area contributed by atoms with Gasteiger partial charge < -0.3 is 9.64 Å². The van der Waals surface area contributed by atoms with Crippen molar-refractivity contribution >= 4 is 15.9 Å².